The zero-order valence-electron chi connectivity index (χ0n) is 11.2. The summed E-state index contributed by atoms with van der Waals surface area (Å²) in [5, 5.41) is 13.9. The van der Waals surface area contributed by atoms with Gasteiger partial charge in [0.1, 0.15) is 0 Å². The van der Waals surface area contributed by atoms with Crippen molar-refractivity contribution in [2.75, 3.05) is 20.1 Å². The standard InChI is InChI=1S/C13H17N3O3.ClH/c1-14-11-5-3-7-15(9-11)13(17)10-4-2-6-12(8-10)16(18)19;/h2,4,6,8,11,14H,3,5,7,9H2,1H3;1H. The van der Waals surface area contributed by atoms with Gasteiger partial charge in [-0.05, 0) is 26.0 Å². The molecule has 1 aliphatic rings. The molecule has 20 heavy (non-hydrogen) atoms. The molecular formula is C13H18ClN3O3. The molecule has 0 aliphatic carbocycles. The summed E-state index contributed by atoms with van der Waals surface area (Å²) >= 11 is 0. The van der Waals surface area contributed by atoms with Gasteiger partial charge in [-0.3, -0.25) is 14.9 Å². The number of likely N-dealkylation sites (tertiary alicyclic amines) is 1. The Morgan fingerprint density at radius 3 is 2.90 bits per heavy atom. The first kappa shape index (κ1) is 16.4. The minimum Gasteiger partial charge on any atom is -0.337 e. The monoisotopic (exact) mass is 299 g/mol. The molecule has 1 saturated heterocycles. The van der Waals surface area contributed by atoms with Crippen LogP contribution in [0.4, 0.5) is 5.69 Å². The van der Waals surface area contributed by atoms with Crippen molar-refractivity contribution in [2.24, 2.45) is 0 Å². The van der Waals surface area contributed by atoms with Crippen LogP contribution in [-0.2, 0) is 0 Å². The number of nitro benzene ring substituents is 1. The minimum atomic E-state index is -0.483. The highest BCUT2D eigenvalue weighted by Gasteiger charge is 2.24. The van der Waals surface area contributed by atoms with Crippen molar-refractivity contribution in [3.63, 3.8) is 0 Å². The van der Waals surface area contributed by atoms with Crippen LogP contribution in [0.3, 0.4) is 0 Å². The van der Waals surface area contributed by atoms with Gasteiger partial charge in [-0.1, -0.05) is 6.07 Å². The number of likely N-dealkylation sites (N-methyl/N-ethyl adjacent to an activating group) is 1. The van der Waals surface area contributed by atoms with Crippen LogP contribution in [0, 0.1) is 10.1 Å². The molecule has 1 fully saturated rings. The molecule has 1 N–H and O–H groups in total. The Balaban J connectivity index is 0.00000200. The molecule has 1 amide bonds. The third kappa shape index (κ3) is 3.68. The van der Waals surface area contributed by atoms with Gasteiger partial charge < -0.3 is 10.2 Å². The number of benzene rings is 1. The normalized spacial score (nSPS) is 18.2. The fourth-order valence-electron chi connectivity index (χ4n) is 2.33. The van der Waals surface area contributed by atoms with Crippen LogP contribution >= 0.6 is 12.4 Å². The first-order valence-corrected chi connectivity index (χ1v) is 6.33. The molecule has 1 heterocycles. The van der Waals surface area contributed by atoms with Gasteiger partial charge in [-0.25, -0.2) is 0 Å². The Labute approximate surface area is 123 Å². The van der Waals surface area contributed by atoms with Crippen LogP contribution in [0.25, 0.3) is 0 Å². The summed E-state index contributed by atoms with van der Waals surface area (Å²) in [5.41, 5.74) is 0.332. The van der Waals surface area contributed by atoms with Gasteiger partial charge in [0.2, 0.25) is 0 Å². The van der Waals surface area contributed by atoms with E-state index in [1.807, 2.05) is 7.05 Å². The van der Waals surface area contributed by atoms with E-state index in [4.69, 9.17) is 0 Å². The number of nitrogens with zero attached hydrogens (tertiary/aromatic N) is 2. The van der Waals surface area contributed by atoms with Gasteiger partial charge in [0, 0.05) is 36.8 Å². The molecule has 1 aromatic carbocycles. The van der Waals surface area contributed by atoms with Crippen molar-refractivity contribution in [1.82, 2.24) is 10.2 Å². The highest BCUT2D eigenvalue weighted by atomic mass is 35.5. The number of piperidine rings is 1. The maximum absolute atomic E-state index is 12.3. The van der Waals surface area contributed by atoms with Crippen molar-refractivity contribution in [3.8, 4) is 0 Å². The largest absolute Gasteiger partial charge is 0.337 e. The molecule has 1 unspecified atom stereocenters. The first-order chi connectivity index (χ1) is 9.11. The van der Waals surface area contributed by atoms with E-state index in [0.29, 0.717) is 24.7 Å². The number of hydrogen-bond donors (Lipinski definition) is 1. The van der Waals surface area contributed by atoms with Gasteiger partial charge in [-0.15, -0.1) is 12.4 Å². The summed E-state index contributed by atoms with van der Waals surface area (Å²) in [4.78, 5) is 24.3. The maximum atomic E-state index is 12.3. The number of rotatable bonds is 3. The Kier molecular flexibility index (Phi) is 5.91. The molecule has 1 aromatic rings. The van der Waals surface area contributed by atoms with Crippen LogP contribution in [0.2, 0.25) is 0 Å². The number of carbonyl (C=O) groups excluding carboxylic acids is 1. The predicted molar refractivity (Wildman–Crippen MR) is 78.3 cm³/mol. The van der Waals surface area contributed by atoms with Crippen LogP contribution in [-0.4, -0.2) is 41.9 Å². The summed E-state index contributed by atoms with van der Waals surface area (Å²) in [5.74, 6) is -0.136. The lowest BCUT2D eigenvalue weighted by Gasteiger charge is -2.32. The lowest BCUT2D eigenvalue weighted by atomic mass is 10.0. The number of amides is 1. The Hall–Kier alpha value is -1.66. The molecule has 1 atom stereocenters. The summed E-state index contributed by atoms with van der Waals surface area (Å²) in [6.07, 6.45) is 2.00. The second kappa shape index (κ2) is 7.21. The molecule has 1 aliphatic heterocycles. The van der Waals surface area contributed by atoms with Crippen molar-refractivity contribution in [3.05, 3.63) is 39.9 Å². The lowest BCUT2D eigenvalue weighted by Crippen LogP contribution is -2.46. The molecule has 0 aromatic heterocycles. The van der Waals surface area contributed by atoms with E-state index in [1.165, 1.54) is 12.1 Å². The van der Waals surface area contributed by atoms with E-state index in [9.17, 15) is 14.9 Å². The molecule has 0 saturated carbocycles. The molecule has 0 bridgehead atoms. The SMILES string of the molecule is CNC1CCCN(C(=O)c2cccc([N+](=O)[O-])c2)C1.Cl. The summed E-state index contributed by atoms with van der Waals surface area (Å²) in [6, 6.07) is 6.20. The van der Waals surface area contributed by atoms with E-state index in [-0.39, 0.29) is 24.0 Å². The second-order valence-electron chi connectivity index (χ2n) is 4.69. The highest BCUT2D eigenvalue weighted by Crippen LogP contribution is 2.17. The van der Waals surface area contributed by atoms with Crippen molar-refractivity contribution in [1.29, 1.82) is 0 Å². The van der Waals surface area contributed by atoms with E-state index < -0.39 is 4.92 Å². The van der Waals surface area contributed by atoms with Crippen LogP contribution < -0.4 is 5.32 Å². The molecule has 6 nitrogen and oxygen atoms in total. The number of nitro groups is 1. The predicted octanol–water partition coefficient (Wildman–Crippen LogP) is 1.84. The van der Waals surface area contributed by atoms with Crippen molar-refractivity contribution in [2.45, 2.75) is 18.9 Å². The molecule has 2 rings (SSSR count). The van der Waals surface area contributed by atoms with Crippen LogP contribution in [0.15, 0.2) is 24.3 Å². The van der Waals surface area contributed by atoms with Gasteiger partial charge in [-0.2, -0.15) is 0 Å². The third-order valence-electron chi connectivity index (χ3n) is 3.42. The Morgan fingerprint density at radius 1 is 1.50 bits per heavy atom. The second-order valence-corrected chi connectivity index (χ2v) is 4.69. The van der Waals surface area contributed by atoms with Crippen molar-refractivity contribution >= 4 is 24.0 Å². The van der Waals surface area contributed by atoms with E-state index in [1.54, 1.807) is 17.0 Å². The van der Waals surface area contributed by atoms with E-state index in [2.05, 4.69) is 5.32 Å². The van der Waals surface area contributed by atoms with Crippen LogP contribution in [0.5, 0.6) is 0 Å². The molecule has 0 spiro atoms. The number of nitrogens with one attached hydrogen (secondary N) is 1. The number of hydrogen-bond acceptors (Lipinski definition) is 4. The quantitative estimate of drug-likeness (QED) is 0.682. The molecule has 110 valence electrons. The molecular weight excluding hydrogens is 282 g/mol. The minimum absolute atomic E-state index is 0. The highest BCUT2D eigenvalue weighted by molar-refractivity contribution is 5.94. The zero-order valence-corrected chi connectivity index (χ0v) is 12.1. The Bertz CT molecular complexity index is 496. The maximum Gasteiger partial charge on any atom is 0.270 e. The average Bonchev–Trinajstić information content (AvgIpc) is 2.46. The first-order valence-electron chi connectivity index (χ1n) is 6.33. The third-order valence-corrected chi connectivity index (χ3v) is 3.42. The summed E-state index contributed by atoms with van der Waals surface area (Å²) < 4.78 is 0. The van der Waals surface area contributed by atoms with E-state index >= 15 is 0 Å². The van der Waals surface area contributed by atoms with Crippen LogP contribution in [0.1, 0.15) is 23.2 Å². The van der Waals surface area contributed by atoms with E-state index in [0.717, 1.165) is 12.8 Å². The van der Waals surface area contributed by atoms with Gasteiger partial charge in [0.15, 0.2) is 0 Å². The molecule has 0 radical (unpaired) electrons. The van der Waals surface area contributed by atoms with Gasteiger partial charge >= 0.3 is 0 Å². The Morgan fingerprint density at radius 2 is 2.25 bits per heavy atom. The lowest BCUT2D eigenvalue weighted by molar-refractivity contribution is -0.384. The fourth-order valence-corrected chi connectivity index (χ4v) is 2.33. The smallest absolute Gasteiger partial charge is 0.270 e. The average molecular weight is 300 g/mol. The summed E-state index contributed by atoms with van der Waals surface area (Å²) in [6.45, 7) is 1.36. The fraction of sp³-hybridized carbons (Fsp3) is 0.462. The van der Waals surface area contributed by atoms with Gasteiger partial charge in [0.05, 0.1) is 4.92 Å². The van der Waals surface area contributed by atoms with Gasteiger partial charge in [0.25, 0.3) is 11.6 Å². The molecule has 7 heteroatoms. The topological polar surface area (TPSA) is 75.5 Å². The summed E-state index contributed by atoms with van der Waals surface area (Å²) in [7, 11) is 1.88. The number of carbonyl (C=O) groups is 1. The number of halogens is 1. The van der Waals surface area contributed by atoms with Crippen molar-refractivity contribution < 1.29 is 9.72 Å². The number of non-ortho nitro benzene ring substituents is 1. The zero-order chi connectivity index (χ0) is 13.8.